The van der Waals surface area contributed by atoms with E-state index < -0.39 is 17.8 Å². The molecule has 9 heteroatoms. The third-order valence-electron chi connectivity index (χ3n) is 2.01. The molecular formula is C9H5F3N4O2. The van der Waals surface area contributed by atoms with Crippen molar-refractivity contribution in [2.75, 3.05) is 0 Å². The third-order valence-corrected chi connectivity index (χ3v) is 2.01. The van der Waals surface area contributed by atoms with E-state index in [1.165, 1.54) is 0 Å². The topological polar surface area (TPSA) is 91.8 Å². The lowest BCUT2D eigenvalue weighted by Gasteiger charge is -2.04. The van der Waals surface area contributed by atoms with Crippen LogP contribution in [0.3, 0.4) is 0 Å². The first kappa shape index (κ1) is 12.0. The van der Waals surface area contributed by atoms with Crippen LogP contribution >= 0.6 is 0 Å². The number of nitrogens with one attached hydrogen (secondary N) is 1. The van der Waals surface area contributed by atoms with Gasteiger partial charge in [-0.05, 0) is 0 Å². The first-order valence-electron chi connectivity index (χ1n) is 4.56. The number of carbonyl (C=O) groups is 1. The van der Waals surface area contributed by atoms with Gasteiger partial charge in [0.25, 0.3) is 0 Å². The molecule has 0 spiro atoms. The SMILES string of the molecule is O=C(O)c1cc(-c2cnc(C(F)(F)F)cn2)n[nH]1. The van der Waals surface area contributed by atoms with Crippen molar-refractivity contribution in [3.8, 4) is 11.4 Å². The number of rotatable bonds is 2. The Morgan fingerprint density at radius 2 is 1.94 bits per heavy atom. The van der Waals surface area contributed by atoms with Gasteiger partial charge in [0.05, 0.1) is 12.4 Å². The second kappa shape index (κ2) is 4.09. The van der Waals surface area contributed by atoms with Crippen molar-refractivity contribution in [3.63, 3.8) is 0 Å². The number of aromatic nitrogens is 4. The normalized spacial score (nSPS) is 11.5. The van der Waals surface area contributed by atoms with E-state index in [4.69, 9.17) is 5.11 Å². The molecule has 2 N–H and O–H groups in total. The molecule has 0 saturated carbocycles. The number of carboxylic acids is 1. The lowest BCUT2D eigenvalue weighted by Crippen LogP contribution is -2.08. The Labute approximate surface area is 97.5 Å². The molecule has 18 heavy (non-hydrogen) atoms. The summed E-state index contributed by atoms with van der Waals surface area (Å²) in [6, 6.07) is 1.15. The van der Waals surface area contributed by atoms with Crippen LogP contribution in [0.4, 0.5) is 13.2 Å². The molecule has 94 valence electrons. The third kappa shape index (κ3) is 2.29. The van der Waals surface area contributed by atoms with Crippen molar-refractivity contribution < 1.29 is 23.1 Å². The fourth-order valence-corrected chi connectivity index (χ4v) is 1.17. The zero-order valence-electron chi connectivity index (χ0n) is 8.56. The Balaban J connectivity index is 2.31. The summed E-state index contributed by atoms with van der Waals surface area (Å²) in [7, 11) is 0. The molecule has 0 fully saturated rings. The van der Waals surface area contributed by atoms with Crippen molar-refractivity contribution >= 4 is 5.97 Å². The van der Waals surface area contributed by atoms with Crippen LogP contribution in [0.15, 0.2) is 18.5 Å². The smallest absolute Gasteiger partial charge is 0.434 e. The Kier molecular flexibility index (Phi) is 2.73. The Bertz CT molecular complexity index is 576. The second-order valence-corrected chi connectivity index (χ2v) is 3.26. The number of alkyl halides is 3. The number of nitrogens with zero attached hydrogens (tertiary/aromatic N) is 3. The molecule has 0 atom stereocenters. The van der Waals surface area contributed by atoms with Crippen LogP contribution in [0.25, 0.3) is 11.4 Å². The highest BCUT2D eigenvalue weighted by molar-refractivity contribution is 5.86. The molecule has 2 rings (SSSR count). The summed E-state index contributed by atoms with van der Waals surface area (Å²) in [5.41, 5.74) is -1.16. The highest BCUT2D eigenvalue weighted by atomic mass is 19.4. The molecule has 0 bridgehead atoms. The fraction of sp³-hybridized carbons (Fsp3) is 0.111. The van der Waals surface area contributed by atoms with Gasteiger partial charge in [-0.25, -0.2) is 9.78 Å². The zero-order chi connectivity index (χ0) is 13.3. The van der Waals surface area contributed by atoms with Gasteiger partial charge in [0.2, 0.25) is 0 Å². The molecule has 2 aromatic heterocycles. The summed E-state index contributed by atoms with van der Waals surface area (Å²) in [5, 5.41) is 14.5. The lowest BCUT2D eigenvalue weighted by molar-refractivity contribution is -0.141. The number of hydrogen-bond acceptors (Lipinski definition) is 4. The number of H-pyrrole nitrogens is 1. The molecule has 0 aliphatic heterocycles. The van der Waals surface area contributed by atoms with Gasteiger partial charge in [0, 0.05) is 6.07 Å². The van der Waals surface area contributed by atoms with Crippen LogP contribution in [-0.2, 0) is 6.18 Å². The van der Waals surface area contributed by atoms with Crippen LogP contribution in [0, 0.1) is 0 Å². The van der Waals surface area contributed by atoms with Crippen molar-refractivity contribution in [1.82, 2.24) is 20.2 Å². The minimum atomic E-state index is -4.57. The molecule has 2 aromatic rings. The Hall–Kier alpha value is -2.45. The number of aromatic amines is 1. The quantitative estimate of drug-likeness (QED) is 0.853. The molecule has 0 unspecified atom stereocenters. The summed E-state index contributed by atoms with van der Waals surface area (Å²) in [5.74, 6) is -1.23. The van der Waals surface area contributed by atoms with Crippen LogP contribution in [0.1, 0.15) is 16.2 Å². The number of carboxylic acid groups (broad SMARTS) is 1. The predicted molar refractivity (Wildman–Crippen MR) is 51.6 cm³/mol. The largest absolute Gasteiger partial charge is 0.477 e. The van der Waals surface area contributed by atoms with Gasteiger partial charge < -0.3 is 5.11 Å². The first-order chi connectivity index (χ1) is 8.38. The molecule has 0 aliphatic carbocycles. The lowest BCUT2D eigenvalue weighted by atomic mass is 10.3. The predicted octanol–water partition coefficient (Wildman–Crippen LogP) is 1.58. The molecule has 0 radical (unpaired) electrons. The van der Waals surface area contributed by atoms with E-state index in [9.17, 15) is 18.0 Å². The highest BCUT2D eigenvalue weighted by Crippen LogP contribution is 2.27. The van der Waals surface area contributed by atoms with Crippen molar-refractivity contribution in [3.05, 3.63) is 29.8 Å². The maximum absolute atomic E-state index is 12.2. The van der Waals surface area contributed by atoms with Gasteiger partial charge in [-0.2, -0.15) is 18.3 Å². The maximum Gasteiger partial charge on any atom is 0.434 e. The molecule has 2 heterocycles. The average molecular weight is 258 g/mol. The van der Waals surface area contributed by atoms with Crippen molar-refractivity contribution in [2.24, 2.45) is 0 Å². The molecule has 6 nitrogen and oxygen atoms in total. The first-order valence-corrected chi connectivity index (χ1v) is 4.56. The summed E-state index contributed by atoms with van der Waals surface area (Å²) in [6.45, 7) is 0. The molecule has 0 saturated heterocycles. The Morgan fingerprint density at radius 3 is 2.39 bits per heavy atom. The van der Waals surface area contributed by atoms with E-state index in [1.807, 2.05) is 0 Å². The van der Waals surface area contributed by atoms with E-state index in [1.54, 1.807) is 0 Å². The molecular weight excluding hydrogens is 253 g/mol. The molecule has 0 amide bonds. The standard InChI is InChI=1S/C9H5F3N4O2/c10-9(11,12)7-3-13-6(2-14-7)4-1-5(8(17)18)16-15-4/h1-3H,(H,15,16)(H,17,18). The Morgan fingerprint density at radius 1 is 1.22 bits per heavy atom. The van der Waals surface area contributed by atoms with Gasteiger partial charge in [-0.3, -0.25) is 10.1 Å². The molecule has 0 aliphatic rings. The highest BCUT2D eigenvalue weighted by Gasteiger charge is 2.32. The summed E-state index contributed by atoms with van der Waals surface area (Å²) in [4.78, 5) is 17.3. The van der Waals surface area contributed by atoms with Crippen molar-refractivity contribution in [1.29, 1.82) is 0 Å². The summed E-state index contributed by atoms with van der Waals surface area (Å²) < 4.78 is 36.7. The van der Waals surface area contributed by atoms with E-state index in [2.05, 4.69) is 20.2 Å². The van der Waals surface area contributed by atoms with Gasteiger partial charge in [0.15, 0.2) is 5.69 Å². The summed E-state index contributed by atoms with van der Waals surface area (Å²) >= 11 is 0. The van der Waals surface area contributed by atoms with Crippen LogP contribution < -0.4 is 0 Å². The van der Waals surface area contributed by atoms with E-state index in [0.29, 0.717) is 6.20 Å². The zero-order valence-corrected chi connectivity index (χ0v) is 8.56. The van der Waals surface area contributed by atoms with E-state index in [0.717, 1.165) is 12.3 Å². The van der Waals surface area contributed by atoms with Gasteiger partial charge in [-0.1, -0.05) is 0 Å². The van der Waals surface area contributed by atoms with Gasteiger partial charge in [0.1, 0.15) is 17.1 Å². The van der Waals surface area contributed by atoms with Crippen molar-refractivity contribution in [2.45, 2.75) is 6.18 Å². The number of aromatic carboxylic acids is 1. The van der Waals surface area contributed by atoms with Crippen LogP contribution in [0.2, 0.25) is 0 Å². The van der Waals surface area contributed by atoms with E-state index in [-0.39, 0.29) is 17.1 Å². The minimum absolute atomic E-state index is 0.0479. The number of hydrogen-bond donors (Lipinski definition) is 2. The maximum atomic E-state index is 12.2. The van der Waals surface area contributed by atoms with E-state index >= 15 is 0 Å². The summed E-state index contributed by atoms with van der Waals surface area (Å²) in [6.07, 6.45) is -3.13. The molecule has 0 aromatic carbocycles. The van der Waals surface area contributed by atoms with Gasteiger partial charge in [-0.15, -0.1) is 0 Å². The minimum Gasteiger partial charge on any atom is -0.477 e. The second-order valence-electron chi connectivity index (χ2n) is 3.26. The van der Waals surface area contributed by atoms with Crippen LogP contribution in [0.5, 0.6) is 0 Å². The van der Waals surface area contributed by atoms with Crippen LogP contribution in [-0.4, -0.2) is 31.2 Å². The average Bonchev–Trinajstić information content (AvgIpc) is 2.77. The fourth-order valence-electron chi connectivity index (χ4n) is 1.17. The van der Waals surface area contributed by atoms with Gasteiger partial charge >= 0.3 is 12.1 Å². The monoisotopic (exact) mass is 258 g/mol. The number of halogens is 3.